The second-order valence-electron chi connectivity index (χ2n) is 13.0. The quantitative estimate of drug-likeness (QED) is 0.308. The van der Waals surface area contributed by atoms with Crippen molar-refractivity contribution >= 4 is 17.7 Å². The van der Waals surface area contributed by atoms with Crippen LogP contribution in [-0.4, -0.2) is 63.1 Å². The van der Waals surface area contributed by atoms with Gasteiger partial charge >= 0.3 is 11.9 Å². The number of hydrogen-bond donors (Lipinski definition) is 3. The van der Waals surface area contributed by atoms with E-state index in [2.05, 4.69) is 0 Å². The molecule has 0 aromatic heterocycles. The second kappa shape index (κ2) is 10.7. The van der Waals surface area contributed by atoms with Gasteiger partial charge in [-0.15, -0.1) is 0 Å². The highest BCUT2D eigenvalue weighted by atomic mass is 16.6. The molecule has 2 bridgehead atoms. The maximum absolute atomic E-state index is 14.7. The van der Waals surface area contributed by atoms with E-state index in [1.165, 1.54) is 0 Å². The van der Waals surface area contributed by atoms with E-state index < -0.39 is 58.0 Å². The topological polar surface area (TPSA) is 130 Å². The Balaban J connectivity index is 2.25. The number of rotatable bonds is 8. The van der Waals surface area contributed by atoms with E-state index in [1.54, 1.807) is 26.0 Å². The lowest BCUT2D eigenvalue weighted by Gasteiger charge is -2.49. The van der Waals surface area contributed by atoms with Crippen molar-refractivity contribution in [2.24, 2.45) is 34.5 Å². The van der Waals surface area contributed by atoms with Crippen molar-refractivity contribution in [1.29, 1.82) is 0 Å². The molecule has 0 heterocycles. The van der Waals surface area contributed by atoms with Gasteiger partial charge in [-0.3, -0.25) is 14.4 Å². The van der Waals surface area contributed by atoms with Crippen LogP contribution in [0.15, 0.2) is 23.3 Å². The lowest BCUT2D eigenvalue weighted by Crippen LogP contribution is -2.65. The molecule has 0 aromatic carbocycles. The number of carbonyl (C=O) groups is 3. The standard InChI is InChI=1S/C31H48O8/c1-10-12-23(32)39-29(11-2)15-19(6)30-14-18(5)24(33)31(30,37)25(34)21(13-22(26(30)35)28(29,8)9)16-38-27(36)20(7)17(3)4/h13-14,17,19-20,22,24-25,33-34,37H,10-12,15-16H2,1-9H3/t19-,20?,22?,24?,25?,29-,30?,31?/m1/s1. The predicted octanol–water partition coefficient (Wildman–Crippen LogP) is 3.90. The zero-order valence-corrected chi connectivity index (χ0v) is 25.0. The molecule has 8 heteroatoms. The number of ether oxygens (including phenoxy) is 2. The molecule has 220 valence electrons. The van der Waals surface area contributed by atoms with Gasteiger partial charge in [0, 0.05) is 17.8 Å². The van der Waals surface area contributed by atoms with Gasteiger partial charge in [-0.2, -0.15) is 0 Å². The molecule has 8 atom stereocenters. The first-order valence-corrected chi connectivity index (χ1v) is 14.4. The van der Waals surface area contributed by atoms with Crippen LogP contribution in [-0.2, 0) is 23.9 Å². The summed E-state index contributed by atoms with van der Waals surface area (Å²) in [5, 5.41) is 35.4. The third-order valence-electron chi connectivity index (χ3n) is 10.3. The van der Waals surface area contributed by atoms with Gasteiger partial charge in [-0.25, -0.2) is 0 Å². The number of allylic oxidation sites excluding steroid dienone is 1. The number of hydrogen-bond acceptors (Lipinski definition) is 8. The molecule has 1 fully saturated rings. The third-order valence-corrected chi connectivity index (χ3v) is 10.3. The summed E-state index contributed by atoms with van der Waals surface area (Å²) in [6.07, 6.45) is 1.54. The van der Waals surface area contributed by atoms with Gasteiger partial charge in [0.15, 0.2) is 5.78 Å². The minimum atomic E-state index is -2.29. The van der Waals surface area contributed by atoms with Crippen LogP contribution in [0.25, 0.3) is 0 Å². The summed E-state index contributed by atoms with van der Waals surface area (Å²) in [6.45, 7) is 16.2. The van der Waals surface area contributed by atoms with E-state index in [0.717, 1.165) is 0 Å². The van der Waals surface area contributed by atoms with Gasteiger partial charge < -0.3 is 24.8 Å². The minimum Gasteiger partial charge on any atom is -0.461 e. The summed E-state index contributed by atoms with van der Waals surface area (Å²) in [5.41, 5.74) is -5.44. The zero-order valence-electron chi connectivity index (χ0n) is 25.0. The average molecular weight is 549 g/mol. The highest BCUT2D eigenvalue weighted by Gasteiger charge is 2.74. The molecule has 3 N–H and O–H groups in total. The zero-order chi connectivity index (χ0) is 29.7. The molecule has 1 spiro atoms. The summed E-state index contributed by atoms with van der Waals surface area (Å²) in [6, 6.07) is 0. The lowest BCUT2D eigenvalue weighted by molar-refractivity contribution is -0.193. The highest BCUT2D eigenvalue weighted by Crippen LogP contribution is 2.64. The van der Waals surface area contributed by atoms with Crippen LogP contribution in [0.3, 0.4) is 0 Å². The lowest BCUT2D eigenvalue weighted by atomic mass is 9.59. The van der Waals surface area contributed by atoms with E-state index in [4.69, 9.17) is 9.47 Å². The molecule has 0 aliphatic heterocycles. The Morgan fingerprint density at radius 2 is 1.74 bits per heavy atom. The van der Waals surface area contributed by atoms with E-state index in [0.29, 0.717) is 18.4 Å². The van der Waals surface area contributed by atoms with Gasteiger partial charge in [0.1, 0.15) is 30.0 Å². The number of ketones is 1. The summed E-state index contributed by atoms with van der Waals surface area (Å²) >= 11 is 0. The summed E-state index contributed by atoms with van der Waals surface area (Å²) in [7, 11) is 0. The number of esters is 2. The molecule has 3 aliphatic carbocycles. The van der Waals surface area contributed by atoms with Crippen molar-refractivity contribution in [1.82, 2.24) is 0 Å². The minimum absolute atomic E-state index is 0.0357. The number of fused-ring (bicyclic) bond motifs is 1. The van der Waals surface area contributed by atoms with Crippen LogP contribution in [0.4, 0.5) is 0 Å². The molecular formula is C31H48O8. The van der Waals surface area contributed by atoms with Crippen LogP contribution in [0.1, 0.15) is 88.0 Å². The van der Waals surface area contributed by atoms with E-state index in [1.807, 2.05) is 48.5 Å². The van der Waals surface area contributed by atoms with Crippen molar-refractivity contribution in [3.63, 3.8) is 0 Å². The van der Waals surface area contributed by atoms with E-state index in [-0.39, 0.29) is 42.7 Å². The van der Waals surface area contributed by atoms with Crippen LogP contribution < -0.4 is 0 Å². The summed E-state index contributed by atoms with van der Waals surface area (Å²) in [4.78, 5) is 40.3. The van der Waals surface area contributed by atoms with Crippen LogP contribution in [0, 0.1) is 34.5 Å². The number of Topliss-reactive ketones (excluding diaryl/α,β-unsaturated/α-hetero) is 1. The van der Waals surface area contributed by atoms with Crippen LogP contribution in [0.5, 0.6) is 0 Å². The molecule has 0 saturated heterocycles. The maximum Gasteiger partial charge on any atom is 0.309 e. The largest absolute Gasteiger partial charge is 0.461 e. The number of aliphatic hydroxyl groups is 3. The van der Waals surface area contributed by atoms with Crippen molar-refractivity contribution < 1.29 is 39.2 Å². The molecule has 3 rings (SSSR count). The van der Waals surface area contributed by atoms with Crippen molar-refractivity contribution in [2.75, 3.05) is 6.61 Å². The summed E-state index contributed by atoms with van der Waals surface area (Å²) < 4.78 is 11.8. The molecule has 1 saturated carbocycles. The fourth-order valence-electron chi connectivity index (χ4n) is 7.21. The Labute approximate surface area is 232 Å². The Morgan fingerprint density at radius 1 is 1.13 bits per heavy atom. The number of aliphatic hydroxyl groups excluding tert-OH is 2. The molecule has 3 aliphatic rings. The van der Waals surface area contributed by atoms with Crippen molar-refractivity contribution in [3.05, 3.63) is 23.3 Å². The molecule has 0 aromatic rings. The molecule has 6 unspecified atom stereocenters. The Hall–Kier alpha value is -2.03. The monoisotopic (exact) mass is 548 g/mol. The SMILES string of the molecule is CCCC(=O)O[C@]1(CC)C[C@@H](C)C23C=C(C)C(O)C2(O)C(O)C(COC(=O)C(C)C(C)C)=CC(C3=O)C1(C)C. The fraction of sp³-hybridized carbons (Fsp3) is 0.774. The van der Waals surface area contributed by atoms with E-state index in [9.17, 15) is 29.7 Å². The Kier molecular flexibility index (Phi) is 8.68. The molecule has 8 nitrogen and oxygen atoms in total. The smallest absolute Gasteiger partial charge is 0.309 e. The second-order valence-corrected chi connectivity index (χ2v) is 13.0. The summed E-state index contributed by atoms with van der Waals surface area (Å²) in [5.74, 6) is -3.04. The number of carbonyl (C=O) groups excluding carboxylic acids is 3. The average Bonchev–Trinajstić information content (AvgIpc) is 3.02. The maximum atomic E-state index is 14.7. The predicted molar refractivity (Wildman–Crippen MR) is 146 cm³/mol. The first-order valence-electron chi connectivity index (χ1n) is 14.4. The van der Waals surface area contributed by atoms with Crippen LogP contribution >= 0.6 is 0 Å². The van der Waals surface area contributed by atoms with Gasteiger partial charge in [0.2, 0.25) is 0 Å². The first kappa shape index (κ1) is 31.5. The van der Waals surface area contributed by atoms with Crippen LogP contribution in [0.2, 0.25) is 0 Å². The Bertz CT molecular complexity index is 1060. The van der Waals surface area contributed by atoms with Gasteiger partial charge in [-0.1, -0.05) is 67.5 Å². The van der Waals surface area contributed by atoms with Gasteiger partial charge in [-0.05, 0) is 49.2 Å². The fourth-order valence-corrected chi connectivity index (χ4v) is 7.21. The van der Waals surface area contributed by atoms with Gasteiger partial charge in [0.25, 0.3) is 0 Å². The van der Waals surface area contributed by atoms with Crippen molar-refractivity contribution in [3.8, 4) is 0 Å². The molecular weight excluding hydrogens is 500 g/mol. The normalized spacial score (nSPS) is 38.2. The first-order chi connectivity index (χ1) is 18.0. The molecule has 0 amide bonds. The molecule has 39 heavy (non-hydrogen) atoms. The Morgan fingerprint density at radius 3 is 2.28 bits per heavy atom. The van der Waals surface area contributed by atoms with E-state index >= 15 is 0 Å². The van der Waals surface area contributed by atoms with Gasteiger partial charge in [0.05, 0.1) is 11.3 Å². The highest BCUT2D eigenvalue weighted by molar-refractivity contribution is 5.95. The molecule has 0 radical (unpaired) electrons. The van der Waals surface area contributed by atoms with Crippen molar-refractivity contribution in [2.45, 2.75) is 111 Å². The third kappa shape index (κ3) is 4.51.